The lowest BCUT2D eigenvalue weighted by atomic mass is 9.87. The van der Waals surface area contributed by atoms with Crippen LogP contribution in [0.5, 0.6) is 11.5 Å². The second-order valence-corrected chi connectivity index (χ2v) is 5.61. The molecule has 1 aromatic carbocycles. The highest BCUT2D eigenvalue weighted by Crippen LogP contribution is 2.45. The topological polar surface area (TPSA) is 47.9 Å². The molecule has 1 aliphatic carbocycles. The number of hydrogen-bond donors (Lipinski definition) is 0. The first-order chi connectivity index (χ1) is 9.75. The summed E-state index contributed by atoms with van der Waals surface area (Å²) in [6.07, 6.45) is 6.65. The fourth-order valence-corrected chi connectivity index (χ4v) is 3.23. The predicted octanol–water partition coefficient (Wildman–Crippen LogP) is 3.26. The zero-order valence-electron chi connectivity index (χ0n) is 11.8. The molecule has 106 valence electrons. The van der Waals surface area contributed by atoms with E-state index in [0.29, 0.717) is 13.2 Å². The number of fused-ring (bicyclic) bond motifs is 1. The monoisotopic (exact) mass is 273 g/mol. The van der Waals surface area contributed by atoms with Crippen molar-refractivity contribution < 1.29 is 14.3 Å². The molecule has 3 rings (SSSR count). The van der Waals surface area contributed by atoms with Gasteiger partial charge in [-0.2, -0.15) is 4.99 Å². The summed E-state index contributed by atoms with van der Waals surface area (Å²) in [6, 6.07) is 4.08. The Hall–Kier alpha value is -1.80. The lowest BCUT2D eigenvalue weighted by molar-refractivity contribution is 0.296. The van der Waals surface area contributed by atoms with Gasteiger partial charge in [-0.1, -0.05) is 12.8 Å². The second kappa shape index (κ2) is 5.29. The quantitative estimate of drug-likeness (QED) is 0.614. The molecule has 0 amide bonds. The average Bonchev–Trinajstić information content (AvgIpc) is 2.78. The van der Waals surface area contributed by atoms with Crippen LogP contribution in [0.2, 0.25) is 0 Å². The van der Waals surface area contributed by atoms with Crippen molar-refractivity contribution >= 4 is 6.08 Å². The van der Waals surface area contributed by atoms with Crippen molar-refractivity contribution in [3.05, 3.63) is 23.3 Å². The largest absolute Gasteiger partial charge is 0.490 e. The van der Waals surface area contributed by atoms with Crippen LogP contribution in [0.3, 0.4) is 0 Å². The number of nitrogens with zero attached hydrogens (tertiary/aromatic N) is 1. The highest BCUT2D eigenvalue weighted by Gasteiger charge is 2.36. The summed E-state index contributed by atoms with van der Waals surface area (Å²) in [7, 11) is 0. The van der Waals surface area contributed by atoms with Gasteiger partial charge in [0.15, 0.2) is 11.5 Å². The van der Waals surface area contributed by atoms with E-state index >= 15 is 0 Å². The molecule has 0 N–H and O–H groups in total. The van der Waals surface area contributed by atoms with Gasteiger partial charge in [0.05, 0.1) is 18.8 Å². The van der Waals surface area contributed by atoms with Crippen molar-refractivity contribution in [3.8, 4) is 11.5 Å². The highest BCUT2D eigenvalue weighted by molar-refractivity contribution is 5.52. The van der Waals surface area contributed by atoms with Gasteiger partial charge in [-0.25, -0.2) is 4.79 Å². The fourth-order valence-electron chi connectivity index (χ4n) is 3.23. The Labute approximate surface area is 118 Å². The summed E-state index contributed by atoms with van der Waals surface area (Å²) >= 11 is 0. The van der Waals surface area contributed by atoms with Crippen LogP contribution in [-0.2, 0) is 10.3 Å². The maximum Gasteiger partial charge on any atom is 0.235 e. The van der Waals surface area contributed by atoms with Crippen molar-refractivity contribution in [1.82, 2.24) is 0 Å². The molecule has 1 heterocycles. The lowest BCUT2D eigenvalue weighted by Gasteiger charge is -2.24. The fraction of sp³-hybridized carbons (Fsp3) is 0.562. The van der Waals surface area contributed by atoms with E-state index < -0.39 is 5.54 Å². The van der Waals surface area contributed by atoms with E-state index in [9.17, 15) is 4.79 Å². The average molecular weight is 273 g/mol. The smallest absolute Gasteiger partial charge is 0.235 e. The molecule has 1 aromatic rings. The van der Waals surface area contributed by atoms with Crippen LogP contribution in [0.15, 0.2) is 17.1 Å². The molecule has 4 heteroatoms. The highest BCUT2D eigenvalue weighted by atomic mass is 16.5. The number of aryl methyl sites for hydroxylation is 1. The molecular weight excluding hydrogens is 254 g/mol. The Morgan fingerprint density at radius 2 is 1.90 bits per heavy atom. The minimum atomic E-state index is -0.406. The molecule has 0 aromatic heterocycles. The Morgan fingerprint density at radius 1 is 1.15 bits per heavy atom. The van der Waals surface area contributed by atoms with Gasteiger partial charge in [0.2, 0.25) is 6.08 Å². The maximum absolute atomic E-state index is 10.8. The third-order valence-corrected chi connectivity index (χ3v) is 4.26. The van der Waals surface area contributed by atoms with Crippen molar-refractivity contribution in [1.29, 1.82) is 0 Å². The van der Waals surface area contributed by atoms with Crippen LogP contribution < -0.4 is 9.47 Å². The third kappa shape index (κ3) is 2.20. The summed E-state index contributed by atoms with van der Waals surface area (Å²) in [5.41, 5.74) is 1.70. The van der Waals surface area contributed by atoms with Gasteiger partial charge in [-0.3, -0.25) is 0 Å². The van der Waals surface area contributed by atoms with Gasteiger partial charge in [0, 0.05) is 6.42 Å². The van der Waals surface area contributed by atoms with E-state index in [1.165, 1.54) is 0 Å². The summed E-state index contributed by atoms with van der Waals surface area (Å²) in [4.78, 5) is 15.0. The Kier molecular flexibility index (Phi) is 3.49. The zero-order chi connectivity index (χ0) is 14.0. The van der Waals surface area contributed by atoms with Crippen molar-refractivity contribution in [2.24, 2.45) is 4.99 Å². The molecule has 1 aliphatic heterocycles. The number of carbonyl (C=O) groups excluding carboxylic acids is 1. The van der Waals surface area contributed by atoms with Crippen LogP contribution in [-0.4, -0.2) is 19.3 Å². The van der Waals surface area contributed by atoms with Crippen LogP contribution in [0.25, 0.3) is 0 Å². The van der Waals surface area contributed by atoms with Gasteiger partial charge in [0.25, 0.3) is 0 Å². The molecule has 20 heavy (non-hydrogen) atoms. The Bertz CT molecular complexity index is 555. The predicted molar refractivity (Wildman–Crippen MR) is 75.1 cm³/mol. The first-order valence-electron chi connectivity index (χ1n) is 7.25. The number of aliphatic imine (C=N–C) groups is 1. The normalized spacial score (nSPS) is 20.1. The first kappa shape index (κ1) is 13.2. The van der Waals surface area contributed by atoms with Gasteiger partial charge < -0.3 is 9.47 Å². The van der Waals surface area contributed by atoms with E-state index in [2.05, 4.69) is 11.1 Å². The Morgan fingerprint density at radius 3 is 2.65 bits per heavy atom. The lowest BCUT2D eigenvalue weighted by Crippen LogP contribution is -2.19. The van der Waals surface area contributed by atoms with Crippen LogP contribution >= 0.6 is 0 Å². The van der Waals surface area contributed by atoms with Gasteiger partial charge >= 0.3 is 0 Å². The Balaban J connectivity index is 2.08. The molecule has 1 saturated carbocycles. The molecule has 4 nitrogen and oxygen atoms in total. The number of rotatable bonds is 2. The maximum atomic E-state index is 10.8. The minimum Gasteiger partial charge on any atom is -0.490 e. The summed E-state index contributed by atoms with van der Waals surface area (Å²) in [6.45, 7) is 3.37. The van der Waals surface area contributed by atoms with Gasteiger partial charge in [-0.15, -0.1) is 0 Å². The van der Waals surface area contributed by atoms with Crippen LogP contribution in [0.4, 0.5) is 0 Å². The van der Waals surface area contributed by atoms with Crippen molar-refractivity contribution in [3.63, 3.8) is 0 Å². The zero-order valence-corrected chi connectivity index (χ0v) is 11.8. The van der Waals surface area contributed by atoms with Crippen LogP contribution in [0, 0.1) is 6.92 Å². The summed E-state index contributed by atoms with van der Waals surface area (Å²) in [5.74, 6) is 1.61. The van der Waals surface area contributed by atoms with E-state index in [4.69, 9.17) is 9.47 Å². The SMILES string of the molecule is Cc1cc(C2(N=C=O)CCCC2)cc2c1OCCCO2. The minimum absolute atomic E-state index is 0.406. The molecule has 0 atom stereocenters. The second-order valence-electron chi connectivity index (χ2n) is 5.61. The van der Waals surface area contributed by atoms with Gasteiger partial charge in [0.1, 0.15) is 0 Å². The standard InChI is InChI=1S/C16H19NO3/c1-12-9-13(16(17-11-18)5-2-3-6-16)10-14-15(12)20-8-4-7-19-14/h9-10H,2-8H2,1H3. The summed E-state index contributed by atoms with van der Waals surface area (Å²) in [5, 5.41) is 0. The van der Waals surface area contributed by atoms with Gasteiger partial charge in [-0.05, 0) is 43.0 Å². The number of hydrogen-bond acceptors (Lipinski definition) is 4. The van der Waals surface area contributed by atoms with E-state index in [0.717, 1.165) is 54.7 Å². The molecular formula is C16H19NO3. The molecule has 0 spiro atoms. The van der Waals surface area contributed by atoms with Crippen molar-refractivity contribution in [2.45, 2.75) is 44.6 Å². The first-order valence-corrected chi connectivity index (χ1v) is 7.25. The molecule has 1 fully saturated rings. The van der Waals surface area contributed by atoms with Crippen molar-refractivity contribution in [2.75, 3.05) is 13.2 Å². The number of benzene rings is 1. The molecule has 0 bridgehead atoms. The molecule has 0 radical (unpaired) electrons. The third-order valence-electron chi connectivity index (χ3n) is 4.26. The number of ether oxygens (including phenoxy) is 2. The van der Waals surface area contributed by atoms with E-state index in [1.807, 2.05) is 13.0 Å². The van der Waals surface area contributed by atoms with E-state index in [1.54, 1.807) is 6.08 Å². The van der Waals surface area contributed by atoms with E-state index in [-0.39, 0.29) is 0 Å². The molecule has 0 unspecified atom stereocenters. The number of isocyanates is 1. The molecule has 2 aliphatic rings. The summed E-state index contributed by atoms with van der Waals surface area (Å²) < 4.78 is 11.5. The van der Waals surface area contributed by atoms with Crippen LogP contribution in [0.1, 0.15) is 43.2 Å². The molecule has 0 saturated heterocycles.